The van der Waals surface area contributed by atoms with Crippen molar-refractivity contribution in [3.05, 3.63) is 42.1 Å². The van der Waals surface area contributed by atoms with Gasteiger partial charge in [0.1, 0.15) is 11.6 Å². The van der Waals surface area contributed by atoms with Crippen molar-refractivity contribution in [3.63, 3.8) is 0 Å². The molecule has 0 aliphatic carbocycles. The Bertz CT molecular complexity index is 880. The summed E-state index contributed by atoms with van der Waals surface area (Å²) in [7, 11) is -3.82. The van der Waals surface area contributed by atoms with Gasteiger partial charge in [-0.3, -0.25) is 9.52 Å². The lowest BCUT2D eigenvalue weighted by molar-refractivity contribution is -0.122. The summed E-state index contributed by atoms with van der Waals surface area (Å²) in [5.41, 5.74) is 1.04. The third kappa shape index (κ3) is 2.98. The Morgan fingerprint density at radius 2 is 2.09 bits per heavy atom. The van der Waals surface area contributed by atoms with Gasteiger partial charge in [-0.15, -0.1) is 0 Å². The van der Waals surface area contributed by atoms with Gasteiger partial charge in [-0.2, -0.15) is 0 Å². The highest BCUT2D eigenvalue weighted by Crippen LogP contribution is 2.32. The Kier molecular flexibility index (Phi) is 3.69. The first-order valence-electron chi connectivity index (χ1n) is 6.93. The molecule has 1 atom stereocenters. The van der Waals surface area contributed by atoms with Gasteiger partial charge in [0, 0.05) is 6.20 Å². The zero-order valence-corrected chi connectivity index (χ0v) is 13.3. The van der Waals surface area contributed by atoms with Crippen LogP contribution in [0.2, 0.25) is 0 Å². The first-order valence-corrected chi connectivity index (χ1v) is 8.41. The molecule has 23 heavy (non-hydrogen) atoms. The molecule has 0 spiro atoms. The molecule has 2 heterocycles. The van der Waals surface area contributed by atoms with Gasteiger partial charge in [0.05, 0.1) is 10.6 Å². The molecule has 1 unspecified atom stereocenters. The Morgan fingerprint density at radius 1 is 1.30 bits per heavy atom. The molecule has 0 bridgehead atoms. The fraction of sp³-hybridized carbons (Fsp3) is 0.200. The maximum atomic E-state index is 12.5. The number of hydrogen-bond acceptors (Lipinski definition) is 5. The molecule has 2 aromatic rings. The van der Waals surface area contributed by atoms with Crippen molar-refractivity contribution in [2.45, 2.75) is 24.8 Å². The molecule has 120 valence electrons. The number of nitrogens with one attached hydrogen (secondary N) is 2. The van der Waals surface area contributed by atoms with E-state index >= 15 is 0 Å². The van der Waals surface area contributed by atoms with E-state index in [0.29, 0.717) is 17.0 Å². The van der Waals surface area contributed by atoms with Gasteiger partial charge in [-0.25, -0.2) is 13.4 Å². The highest BCUT2D eigenvalue weighted by molar-refractivity contribution is 7.92. The molecule has 8 heteroatoms. The maximum absolute atomic E-state index is 12.5. The third-order valence-corrected chi connectivity index (χ3v) is 4.77. The van der Waals surface area contributed by atoms with E-state index in [1.165, 1.54) is 24.4 Å². The van der Waals surface area contributed by atoms with Crippen LogP contribution in [0.4, 0.5) is 11.5 Å². The van der Waals surface area contributed by atoms with Gasteiger partial charge in [-0.05, 0) is 43.7 Å². The standard InChI is InChI=1S/C15H15N3O4S/c1-9-4-3-7-16-14(9)18-23(20,21)11-5-6-13-12(8-11)17-15(19)10(2)22-13/h3-8,10H,1-2H3,(H,16,18)(H,17,19). The maximum Gasteiger partial charge on any atom is 0.265 e. The first kappa shape index (κ1) is 15.3. The topological polar surface area (TPSA) is 97.4 Å². The van der Waals surface area contributed by atoms with Crippen molar-refractivity contribution < 1.29 is 17.9 Å². The highest BCUT2D eigenvalue weighted by atomic mass is 32.2. The Balaban J connectivity index is 1.94. The van der Waals surface area contributed by atoms with Gasteiger partial charge < -0.3 is 10.1 Å². The number of benzene rings is 1. The van der Waals surface area contributed by atoms with E-state index in [1.54, 1.807) is 26.0 Å². The number of hydrogen-bond donors (Lipinski definition) is 2. The monoisotopic (exact) mass is 333 g/mol. The molecule has 1 aromatic heterocycles. The van der Waals surface area contributed by atoms with Crippen LogP contribution in [0, 0.1) is 6.92 Å². The van der Waals surface area contributed by atoms with Gasteiger partial charge in [-0.1, -0.05) is 6.07 Å². The molecular weight excluding hydrogens is 318 g/mol. The van der Waals surface area contributed by atoms with Crippen molar-refractivity contribution in [1.29, 1.82) is 0 Å². The van der Waals surface area contributed by atoms with Crippen LogP contribution in [0.5, 0.6) is 5.75 Å². The Hall–Kier alpha value is -2.61. The predicted octanol–water partition coefficient (Wildman–Crippen LogP) is 1.91. The van der Waals surface area contributed by atoms with E-state index in [9.17, 15) is 13.2 Å². The largest absolute Gasteiger partial charge is 0.479 e. The number of rotatable bonds is 3. The van der Waals surface area contributed by atoms with Crippen molar-refractivity contribution in [1.82, 2.24) is 4.98 Å². The van der Waals surface area contributed by atoms with Crippen molar-refractivity contribution >= 4 is 27.4 Å². The quantitative estimate of drug-likeness (QED) is 0.894. The molecule has 0 fully saturated rings. The van der Waals surface area contributed by atoms with E-state index in [0.717, 1.165) is 0 Å². The minimum absolute atomic E-state index is 0.0137. The van der Waals surface area contributed by atoms with Gasteiger partial charge >= 0.3 is 0 Å². The molecule has 0 saturated carbocycles. The van der Waals surface area contributed by atoms with Crippen LogP contribution in [0.3, 0.4) is 0 Å². The number of carbonyl (C=O) groups excluding carboxylic acids is 1. The molecule has 1 aliphatic rings. The fourth-order valence-electron chi connectivity index (χ4n) is 2.13. The summed E-state index contributed by atoms with van der Waals surface area (Å²) in [6.45, 7) is 3.38. The highest BCUT2D eigenvalue weighted by Gasteiger charge is 2.25. The smallest absolute Gasteiger partial charge is 0.265 e. The van der Waals surface area contributed by atoms with E-state index in [2.05, 4.69) is 15.0 Å². The average Bonchev–Trinajstić information content (AvgIpc) is 2.50. The predicted molar refractivity (Wildman–Crippen MR) is 84.9 cm³/mol. The number of sulfonamides is 1. The van der Waals surface area contributed by atoms with Gasteiger partial charge in [0.2, 0.25) is 0 Å². The lowest BCUT2D eigenvalue weighted by Crippen LogP contribution is -2.34. The van der Waals surface area contributed by atoms with Crippen molar-refractivity contribution in [3.8, 4) is 5.75 Å². The Morgan fingerprint density at radius 3 is 2.83 bits per heavy atom. The minimum atomic E-state index is -3.82. The molecule has 1 amide bonds. The normalized spacial score (nSPS) is 17.0. The van der Waals surface area contributed by atoms with Crippen LogP contribution < -0.4 is 14.8 Å². The number of ether oxygens (including phenoxy) is 1. The van der Waals surface area contributed by atoms with Crippen molar-refractivity contribution in [2.75, 3.05) is 10.0 Å². The van der Waals surface area contributed by atoms with Crippen molar-refractivity contribution in [2.24, 2.45) is 0 Å². The summed E-state index contributed by atoms with van der Waals surface area (Å²) in [6, 6.07) is 7.78. The first-order chi connectivity index (χ1) is 10.9. The number of nitrogens with zero attached hydrogens (tertiary/aromatic N) is 1. The second-order valence-corrected chi connectivity index (χ2v) is 6.86. The molecule has 0 saturated heterocycles. The van der Waals surface area contributed by atoms with Crippen LogP contribution in [-0.2, 0) is 14.8 Å². The summed E-state index contributed by atoms with van der Waals surface area (Å²) >= 11 is 0. The second-order valence-electron chi connectivity index (χ2n) is 5.18. The van der Waals surface area contributed by atoms with Gasteiger partial charge in [0.15, 0.2) is 6.10 Å². The number of pyridine rings is 1. The number of aryl methyl sites for hydroxylation is 1. The number of anilines is 2. The van der Waals surface area contributed by atoms with E-state index < -0.39 is 16.1 Å². The summed E-state index contributed by atoms with van der Waals surface area (Å²) in [4.78, 5) is 15.7. The number of carbonyl (C=O) groups is 1. The van der Waals surface area contributed by atoms with E-state index in [-0.39, 0.29) is 16.6 Å². The van der Waals surface area contributed by atoms with Crippen LogP contribution in [0.25, 0.3) is 0 Å². The summed E-state index contributed by atoms with van der Waals surface area (Å²) in [6.07, 6.45) is 0.895. The lowest BCUT2D eigenvalue weighted by Gasteiger charge is -2.23. The van der Waals surface area contributed by atoms with E-state index in [4.69, 9.17) is 4.74 Å². The lowest BCUT2D eigenvalue weighted by atomic mass is 10.2. The zero-order valence-electron chi connectivity index (χ0n) is 12.5. The van der Waals surface area contributed by atoms with Crippen LogP contribution in [0.1, 0.15) is 12.5 Å². The molecular formula is C15H15N3O4S. The number of amides is 1. The average molecular weight is 333 g/mol. The Labute approximate surface area is 133 Å². The molecule has 7 nitrogen and oxygen atoms in total. The van der Waals surface area contributed by atoms with Crippen LogP contribution in [-0.4, -0.2) is 25.4 Å². The van der Waals surface area contributed by atoms with Crippen LogP contribution in [0.15, 0.2) is 41.4 Å². The third-order valence-electron chi connectivity index (χ3n) is 3.43. The fourth-order valence-corrected chi connectivity index (χ4v) is 3.24. The zero-order chi connectivity index (χ0) is 16.6. The summed E-state index contributed by atoms with van der Waals surface area (Å²) in [5.74, 6) is 0.379. The summed E-state index contributed by atoms with van der Waals surface area (Å²) < 4.78 is 32.8. The number of aromatic nitrogens is 1. The summed E-state index contributed by atoms with van der Waals surface area (Å²) in [5, 5.41) is 2.63. The molecule has 1 aromatic carbocycles. The van der Waals surface area contributed by atoms with Crippen LogP contribution >= 0.6 is 0 Å². The minimum Gasteiger partial charge on any atom is -0.479 e. The number of fused-ring (bicyclic) bond motifs is 1. The van der Waals surface area contributed by atoms with E-state index in [1.807, 2.05) is 0 Å². The van der Waals surface area contributed by atoms with Gasteiger partial charge in [0.25, 0.3) is 15.9 Å². The molecule has 3 rings (SSSR count). The molecule has 2 N–H and O–H groups in total. The molecule has 0 radical (unpaired) electrons. The SMILES string of the molecule is Cc1cccnc1NS(=O)(=O)c1ccc2c(c1)NC(=O)C(C)O2. The second kappa shape index (κ2) is 5.54. The molecule has 1 aliphatic heterocycles.